The van der Waals surface area contributed by atoms with Crippen molar-refractivity contribution in [3.8, 4) is 0 Å². The molecule has 0 radical (unpaired) electrons. The standard InChI is InChI=1S/C19H33N3/c1-14(2)19-17(15(3)13-22(19)6)7-8-18(20-4)16-9-11-21(5)12-10-16/h13,16,18,20H,1,7-12H2,2-6H3. The summed E-state index contributed by atoms with van der Waals surface area (Å²) in [6.07, 6.45) is 7.25. The lowest BCUT2D eigenvalue weighted by Gasteiger charge is -2.34. The molecular weight excluding hydrogens is 270 g/mol. The zero-order chi connectivity index (χ0) is 16.3. The summed E-state index contributed by atoms with van der Waals surface area (Å²) in [6, 6.07) is 0.631. The smallest absolute Gasteiger partial charge is 0.0463 e. The van der Waals surface area contributed by atoms with E-state index in [1.807, 2.05) is 0 Å². The molecule has 1 atom stereocenters. The monoisotopic (exact) mass is 303 g/mol. The first-order valence-electron chi connectivity index (χ1n) is 8.60. The zero-order valence-electron chi connectivity index (χ0n) is 15.1. The fraction of sp³-hybridized carbons (Fsp3) is 0.684. The van der Waals surface area contributed by atoms with Gasteiger partial charge >= 0.3 is 0 Å². The van der Waals surface area contributed by atoms with E-state index in [0.29, 0.717) is 6.04 Å². The van der Waals surface area contributed by atoms with Gasteiger partial charge < -0.3 is 14.8 Å². The van der Waals surface area contributed by atoms with Crippen molar-refractivity contribution in [3.63, 3.8) is 0 Å². The first-order valence-corrected chi connectivity index (χ1v) is 8.60. The summed E-state index contributed by atoms with van der Waals surface area (Å²) in [4.78, 5) is 2.45. The number of piperidine rings is 1. The second-order valence-corrected chi connectivity index (χ2v) is 7.11. The number of aryl methyl sites for hydroxylation is 2. The van der Waals surface area contributed by atoms with Gasteiger partial charge in [0.15, 0.2) is 0 Å². The highest BCUT2D eigenvalue weighted by Gasteiger charge is 2.24. The van der Waals surface area contributed by atoms with Crippen molar-refractivity contribution in [3.05, 3.63) is 29.6 Å². The van der Waals surface area contributed by atoms with Crippen LogP contribution >= 0.6 is 0 Å². The lowest BCUT2D eigenvalue weighted by Crippen LogP contribution is -2.41. The molecular formula is C19H33N3. The van der Waals surface area contributed by atoms with E-state index in [9.17, 15) is 0 Å². The number of nitrogens with one attached hydrogen (secondary N) is 1. The SMILES string of the molecule is C=C(C)c1c(CCC(NC)C2CCN(C)CC2)c(C)cn1C. The largest absolute Gasteiger partial charge is 0.350 e. The number of nitrogens with zero attached hydrogens (tertiary/aromatic N) is 2. The normalized spacial score (nSPS) is 18.6. The van der Waals surface area contributed by atoms with Gasteiger partial charge in [0.1, 0.15) is 0 Å². The molecule has 0 saturated carbocycles. The molecule has 0 bridgehead atoms. The second kappa shape index (κ2) is 7.47. The van der Waals surface area contributed by atoms with Crippen LogP contribution < -0.4 is 5.32 Å². The van der Waals surface area contributed by atoms with E-state index in [2.05, 4.69) is 62.6 Å². The third kappa shape index (κ3) is 3.82. The van der Waals surface area contributed by atoms with Crippen LogP contribution in [-0.4, -0.2) is 42.7 Å². The molecule has 2 rings (SSSR count). The molecule has 1 aromatic rings. The van der Waals surface area contributed by atoms with Gasteiger partial charge in [0, 0.05) is 25.0 Å². The second-order valence-electron chi connectivity index (χ2n) is 7.11. The molecule has 1 fully saturated rings. The number of rotatable bonds is 6. The average Bonchev–Trinajstić information content (AvgIpc) is 2.75. The van der Waals surface area contributed by atoms with Crippen LogP contribution in [0.15, 0.2) is 12.8 Å². The van der Waals surface area contributed by atoms with Gasteiger partial charge in [-0.2, -0.15) is 0 Å². The van der Waals surface area contributed by atoms with Gasteiger partial charge in [0.2, 0.25) is 0 Å². The van der Waals surface area contributed by atoms with Crippen molar-refractivity contribution >= 4 is 5.57 Å². The van der Waals surface area contributed by atoms with Crippen LogP contribution in [0.3, 0.4) is 0 Å². The Morgan fingerprint density at radius 2 is 2.00 bits per heavy atom. The average molecular weight is 303 g/mol. The molecule has 1 saturated heterocycles. The molecule has 0 aromatic carbocycles. The fourth-order valence-corrected chi connectivity index (χ4v) is 4.05. The highest BCUT2D eigenvalue weighted by molar-refractivity contribution is 5.63. The minimum Gasteiger partial charge on any atom is -0.350 e. The molecule has 0 aliphatic carbocycles. The van der Waals surface area contributed by atoms with Gasteiger partial charge in [0.25, 0.3) is 0 Å². The summed E-state index contributed by atoms with van der Waals surface area (Å²) in [6.45, 7) is 11.0. The van der Waals surface area contributed by atoms with Crippen LogP contribution in [0.5, 0.6) is 0 Å². The number of likely N-dealkylation sites (tertiary alicyclic amines) is 1. The Labute approximate surface area is 136 Å². The van der Waals surface area contributed by atoms with E-state index in [1.54, 1.807) is 0 Å². The Morgan fingerprint density at radius 3 is 2.55 bits per heavy atom. The molecule has 0 spiro atoms. The van der Waals surface area contributed by atoms with E-state index in [1.165, 1.54) is 54.7 Å². The number of aromatic nitrogens is 1. The third-order valence-electron chi connectivity index (χ3n) is 5.31. The minimum absolute atomic E-state index is 0.631. The van der Waals surface area contributed by atoms with Gasteiger partial charge in [-0.05, 0) is 89.3 Å². The van der Waals surface area contributed by atoms with Crippen LogP contribution in [0.25, 0.3) is 5.57 Å². The Morgan fingerprint density at radius 1 is 1.36 bits per heavy atom. The predicted molar refractivity (Wildman–Crippen MR) is 96.2 cm³/mol. The topological polar surface area (TPSA) is 20.2 Å². The number of hydrogen-bond donors (Lipinski definition) is 1. The van der Waals surface area contributed by atoms with Gasteiger partial charge in [-0.15, -0.1) is 0 Å². The van der Waals surface area contributed by atoms with Crippen molar-refractivity contribution in [2.45, 2.75) is 45.6 Å². The molecule has 124 valence electrons. The van der Waals surface area contributed by atoms with E-state index >= 15 is 0 Å². The van der Waals surface area contributed by atoms with Crippen molar-refractivity contribution in [2.75, 3.05) is 27.2 Å². The number of allylic oxidation sites excluding steroid dienone is 1. The zero-order valence-corrected chi connectivity index (χ0v) is 15.1. The van der Waals surface area contributed by atoms with Gasteiger partial charge in [-0.25, -0.2) is 0 Å². The summed E-state index contributed by atoms with van der Waals surface area (Å²) >= 11 is 0. The summed E-state index contributed by atoms with van der Waals surface area (Å²) in [7, 11) is 6.49. The molecule has 1 aliphatic heterocycles. The molecule has 2 heterocycles. The van der Waals surface area contributed by atoms with Gasteiger partial charge in [-0.3, -0.25) is 0 Å². The maximum absolute atomic E-state index is 4.16. The Balaban J connectivity index is 2.03. The molecule has 1 N–H and O–H groups in total. The quantitative estimate of drug-likeness (QED) is 0.870. The maximum Gasteiger partial charge on any atom is 0.0463 e. The van der Waals surface area contributed by atoms with Crippen molar-refractivity contribution in [2.24, 2.45) is 13.0 Å². The van der Waals surface area contributed by atoms with E-state index in [0.717, 1.165) is 12.3 Å². The molecule has 1 aliphatic rings. The molecule has 1 unspecified atom stereocenters. The maximum atomic E-state index is 4.16. The summed E-state index contributed by atoms with van der Waals surface area (Å²) in [5, 5.41) is 3.58. The van der Waals surface area contributed by atoms with Crippen LogP contribution in [0.1, 0.15) is 43.0 Å². The lowest BCUT2D eigenvalue weighted by molar-refractivity contribution is 0.183. The van der Waals surface area contributed by atoms with Crippen molar-refractivity contribution in [1.29, 1.82) is 0 Å². The molecule has 3 nitrogen and oxygen atoms in total. The lowest BCUT2D eigenvalue weighted by atomic mass is 9.86. The summed E-state index contributed by atoms with van der Waals surface area (Å²) in [5.74, 6) is 0.818. The number of hydrogen-bond acceptors (Lipinski definition) is 2. The van der Waals surface area contributed by atoms with Gasteiger partial charge in [-0.1, -0.05) is 6.58 Å². The summed E-state index contributed by atoms with van der Waals surface area (Å²) < 4.78 is 2.23. The van der Waals surface area contributed by atoms with E-state index in [4.69, 9.17) is 0 Å². The Bertz CT molecular complexity index is 507. The highest BCUT2D eigenvalue weighted by Crippen LogP contribution is 2.27. The first-order chi connectivity index (χ1) is 10.4. The third-order valence-corrected chi connectivity index (χ3v) is 5.31. The van der Waals surface area contributed by atoms with Gasteiger partial charge in [0.05, 0.1) is 0 Å². The molecule has 0 amide bonds. The highest BCUT2D eigenvalue weighted by atomic mass is 15.1. The van der Waals surface area contributed by atoms with Crippen molar-refractivity contribution < 1.29 is 0 Å². The molecule has 22 heavy (non-hydrogen) atoms. The first kappa shape index (κ1) is 17.3. The van der Waals surface area contributed by atoms with Crippen LogP contribution in [0, 0.1) is 12.8 Å². The predicted octanol–water partition coefficient (Wildman–Crippen LogP) is 3.23. The van der Waals surface area contributed by atoms with E-state index < -0.39 is 0 Å². The summed E-state index contributed by atoms with van der Waals surface area (Å²) in [5.41, 5.74) is 5.39. The van der Waals surface area contributed by atoms with E-state index in [-0.39, 0.29) is 0 Å². The van der Waals surface area contributed by atoms with Crippen LogP contribution in [-0.2, 0) is 13.5 Å². The molecule has 1 aromatic heterocycles. The van der Waals surface area contributed by atoms with Crippen LogP contribution in [0.2, 0.25) is 0 Å². The minimum atomic E-state index is 0.631. The van der Waals surface area contributed by atoms with Crippen molar-refractivity contribution in [1.82, 2.24) is 14.8 Å². The molecule has 3 heteroatoms. The fourth-order valence-electron chi connectivity index (χ4n) is 4.05. The van der Waals surface area contributed by atoms with Crippen LogP contribution in [0.4, 0.5) is 0 Å². The Kier molecular flexibility index (Phi) is 5.87. The Hall–Kier alpha value is -1.06.